The van der Waals surface area contributed by atoms with Crippen LogP contribution in [0.5, 0.6) is 0 Å². The van der Waals surface area contributed by atoms with Crippen LogP contribution < -0.4 is 0 Å². The van der Waals surface area contributed by atoms with Gasteiger partial charge in [0.25, 0.3) is 0 Å². The second-order valence-electron chi connectivity index (χ2n) is 3.47. The molecule has 11 heteroatoms. The van der Waals surface area contributed by atoms with Crippen molar-refractivity contribution < 1.29 is 68.2 Å². The van der Waals surface area contributed by atoms with Crippen molar-refractivity contribution in [2.45, 2.75) is 25.0 Å². The molecule has 0 aromatic heterocycles. The first-order valence-corrected chi connectivity index (χ1v) is 4.14. The van der Waals surface area contributed by atoms with Crippen LogP contribution in [-0.4, -0.2) is 77.9 Å². The standard InChI is InChI=1S/2C4H8O4.Cu.2H2O/c2*1-4(8,2-5)3(6)7;;;/h2*5,8H,2H2,1H3,(H,6,7);;2*1H2. The van der Waals surface area contributed by atoms with Crippen LogP contribution in [-0.2, 0) is 26.7 Å². The van der Waals surface area contributed by atoms with Gasteiger partial charge in [-0.05, 0) is 13.8 Å². The van der Waals surface area contributed by atoms with Crippen molar-refractivity contribution in [1.29, 1.82) is 0 Å². The number of aliphatic hydroxyl groups excluding tert-OH is 2. The number of hydrogen-bond donors (Lipinski definition) is 6. The van der Waals surface area contributed by atoms with Crippen LogP contribution in [0.25, 0.3) is 0 Å². The van der Waals surface area contributed by atoms with Gasteiger partial charge in [-0.3, -0.25) is 0 Å². The van der Waals surface area contributed by atoms with Crippen molar-refractivity contribution in [1.82, 2.24) is 0 Å². The van der Waals surface area contributed by atoms with E-state index in [1.165, 1.54) is 0 Å². The second-order valence-corrected chi connectivity index (χ2v) is 3.47. The van der Waals surface area contributed by atoms with Crippen molar-refractivity contribution in [3.05, 3.63) is 0 Å². The molecule has 19 heavy (non-hydrogen) atoms. The van der Waals surface area contributed by atoms with Gasteiger partial charge in [0.1, 0.15) is 0 Å². The molecule has 0 rings (SSSR count). The van der Waals surface area contributed by atoms with Crippen LogP contribution in [0, 0.1) is 0 Å². The number of aliphatic carboxylic acids is 2. The van der Waals surface area contributed by atoms with E-state index in [0.717, 1.165) is 13.8 Å². The van der Waals surface area contributed by atoms with E-state index >= 15 is 0 Å². The summed E-state index contributed by atoms with van der Waals surface area (Å²) in [5, 5.41) is 49.4. The molecule has 1 radical (unpaired) electrons. The van der Waals surface area contributed by atoms with Gasteiger partial charge in [-0.2, -0.15) is 0 Å². The Bertz CT molecular complexity index is 226. The molecular weight excluding hydrogens is 320 g/mol. The molecule has 0 saturated carbocycles. The fourth-order valence-electron chi connectivity index (χ4n) is 0.135. The van der Waals surface area contributed by atoms with Crippen LogP contribution in [0.15, 0.2) is 0 Å². The molecule has 0 aromatic rings. The zero-order chi connectivity index (χ0) is 13.6. The van der Waals surface area contributed by atoms with Crippen LogP contribution in [0.3, 0.4) is 0 Å². The quantitative estimate of drug-likeness (QED) is 0.276. The van der Waals surface area contributed by atoms with Gasteiger partial charge in [0, 0.05) is 17.1 Å². The Kier molecular flexibility index (Phi) is 20.0. The summed E-state index contributed by atoms with van der Waals surface area (Å²) in [4.78, 5) is 19.7. The van der Waals surface area contributed by atoms with Gasteiger partial charge < -0.3 is 41.6 Å². The minimum Gasteiger partial charge on any atom is -0.479 e. The maximum atomic E-state index is 9.84. The summed E-state index contributed by atoms with van der Waals surface area (Å²) >= 11 is 0. The van der Waals surface area contributed by atoms with E-state index in [0.29, 0.717) is 0 Å². The summed E-state index contributed by atoms with van der Waals surface area (Å²) in [6.45, 7) is 0.523. The topological polar surface area (TPSA) is 219 Å². The average molecular weight is 340 g/mol. The first kappa shape index (κ1) is 30.9. The number of carbonyl (C=O) groups is 2. The second kappa shape index (κ2) is 12.3. The third-order valence-corrected chi connectivity index (χ3v) is 1.54. The van der Waals surface area contributed by atoms with E-state index in [-0.39, 0.29) is 28.0 Å². The van der Waals surface area contributed by atoms with Gasteiger partial charge >= 0.3 is 11.9 Å². The zero-order valence-electron chi connectivity index (χ0n) is 10.2. The predicted molar refractivity (Wildman–Crippen MR) is 57.9 cm³/mol. The number of rotatable bonds is 4. The molecule has 0 saturated heterocycles. The SMILES string of the molecule is CC(O)(CO)C(=O)O.CC(O)(CO)C(=O)O.O.O.[Cu]. The maximum absolute atomic E-state index is 9.84. The maximum Gasteiger partial charge on any atom is 0.337 e. The summed E-state index contributed by atoms with van der Waals surface area (Å²) < 4.78 is 0. The predicted octanol–water partition coefficient (Wildman–Crippen LogP) is -4.02. The summed E-state index contributed by atoms with van der Waals surface area (Å²) in [5.41, 5.74) is -3.97. The molecule has 0 aliphatic heterocycles. The van der Waals surface area contributed by atoms with E-state index < -0.39 is 36.4 Å². The van der Waals surface area contributed by atoms with E-state index in [9.17, 15) is 9.59 Å². The van der Waals surface area contributed by atoms with Gasteiger partial charge in [0.05, 0.1) is 13.2 Å². The van der Waals surface area contributed by atoms with Crippen molar-refractivity contribution >= 4 is 11.9 Å². The molecule has 0 amide bonds. The molecule has 123 valence electrons. The Labute approximate surface area is 119 Å². The van der Waals surface area contributed by atoms with Crippen molar-refractivity contribution in [2.75, 3.05) is 13.2 Å². The van der Waals surface area contributed by atoms with Gasteiger partial charge in [-0.1, -0.05) is 0 Å². The van der Waals surface area contributed by atoms with Crippen LogP contribution in [0.1, 0.15) is 13.8 Å². The monoisotopic (exact) mass is 339 g/mol. The smallest absolute Gasteiger partial charge is 0.337 e. The molecular formula is C8H20CuO10. The molecule has 0 bridgehead atoms. The number of carboxylic acids is 2. The van der Waals surface area contributed by atoms with Crippen molar-refractivity contribution in [2.24, 2.45) is 0 Å². The van der Waals surface area contributed by atoms with E-state index in [4.69, 9.17) is 30.6 Å². The Morgan fingerprint density at radius 1 is 0.842 bits per heavy atom. The van der Waals surface area contributed by atoms with Gasteiger partial charge in [0.15, 0.2) is 11.2 Å². The Hall–Kier alpha value is -0.781. The Morgan fingerprint density at radius 2 is 1.00 bits per heavy atom. The first-order valence-electron chi connectivity index (χ1n) is 4.14. The van der Waals surface area contributed by atoms with E-state index in [2.05, 4.69) is 0 Å². The summed E-state index contributed by atoms with van der Waals surface area (Å²) in [7, 11) is 0. The fourth-order valence-corrected chi connectivity index (χ4v) is 0.135. The molecule has 2 unspecified atom stereocenters. The third kappa shape index (κ3) is 13.5. The number of aliphatic hydroxyl groups is 4. The molecule has 10 nitrogen and oxygen atoms in total. The van der Waals surface area contributed by atoms with Gasteiger partial charge in [0.2, 0.25) is 0 Å². The molecule has 0 aliphatic carbocycles. The van der Waals surface area contributed by atoms with Crippen LogP contribution in [0.4, 0.5) is 0 Å². The molecule has 10 N–H and O–H groups in total. The summed E-state index contributed by atoms with van der Waals surface area (Å²) in [6.07, 6.45) is 0. The first-order chi connectivity index (χ1) is 7.01. The minimum absolute atomic E-state index is 0. The fraction of sp³-hybridized carbons (Fsp3) is 0.750. The van der Waals surface area contributed by atoms with Gasteiger partial charge in [-0.15, -0.1) is 0 Å². The average Bonchev–Trinajstić information content (AvgIpc) is 2.18. The summed E-state index contributed by atoms with van der Waals surface area (Å²) in [6, 6.07) is 0. The van der Waals surface area contributed by atoms with Crippen molar-refractivity contribution in [3.8, 4) is 0 Å². The third-order valence-electron chi connectivity index (χ3n) is 1.54. The Balaban J connectivity index is -0.0000000594. The zero-order valence-corrected chi connectivity index (χ0v) is 11.2. The number of carboxylic acid groups (broad SMARTS) is 2. The molecule has 2 atom stereocenters. The molecule has 0 spiro atoms. The Morgan fingerprint density at radius 3 is 1.00 bits per heavy atom. The van der Waals surface area contributed by atoms with Crippen LogP contribution >= 0.6 is 0 Å². The summed E-state index contributed by atoms with van der Waals surface area (Å²) in [5.74, 6) is -2.83. The molecule has 0 aliphatic rings. The largest absolute Gasteiger partial charge is 0.479 e. The molecule has 0 heterocycles. The molecule has 0 fully saturated rings. The van der Waals surface area contributed by atoms with E-state index in [1.807, 2.05) is 0 Å². The normalized spacial score (nSPS) is 14.6. The van der Waals surface area contributed by atoms with E-state index in [1.54, 1.807) is 0 Å². The van der Waals surface area contributed by atoms with Crippen molar-refractivity contribution in [3.63, 3.8) is 0 Å². The van der Waals surface area contributed by atoms with Crippen LogP contribution in [0.2, 0.25) is 0 Å². The molecule has 0 aromatic carbocycles. The number of hydrogen-bond acceptors (Lipinski definition) is 6. The minimum atomic E-state index is -1.99. The van der Waals surface area contributed by atoms with Gasteiger partial charge in [-0.25, -0.2) is 9.59 Å².